The molecule has 0 aliphatic carbocycles. The summed E-state index contributed by atoms with van der Waals surface area (Å²) in [6, 6.07) is -0.270. The van der Waals surface area contributed by atoms with Crippen LogP contribution in [-0.4, -0.2) is 61.6 Å². The molecular weight excluding hydrogens is 236 g/mol. The highest BCUT2D eigenvalue weighted by molar-refractivity contribution is 7.91. The lowest BCUT2D eigenvalue weighted by molar-refractivity contribution is -0.136. The monoisotopic (exact) mass is 250 g/mol. The maximum atomic E-state index is 11.4. The summed E-state index contributed by atoms with van der Waals surface area (Å²) in [5.74, 6) is -1.70. The third kappa shape index (κ3) is 4.05. The van der Waals surface area contributed by atoms with E-state index in [2.05, 4.69) is 5.32 Å². The molecule has 1 aliphatic rings. The van der Waals surface area contributed by atoms with Crippen LogP contribution >= 0.6 is 0 Å². The summed E-state index contributed by atoms with van der Waals surface area (Å²) in [5.41, 5.74) is 0. The summed E-state index contributed by atoms with van der Waals surface area (Å²) in [5, 5.41) is 10.9. The largest absolute Gasteiger partial charge is 0.481 e. The maximum Gasteiger partial charge on any atom is 0.317 e. The molecule has 1 saturated heterocycles. The first-order valence-electron chi connectivity index (χ1n) is 4.86. The predicted molar refractivity (Wildman–Crippen MR) is 55.9 cm³/mol. The van der Waals surface area contributed by atoms with Crippen molar-refractivity contribution in [3.05, 3.63) is 0 Å². The molecule has 2 amide bonds. The number of rotatable bonds is 6. The quantitative estimate of drug-likeness (QED) is 0.623. The van der Waals surface area contributed by atoms with Gasteiger partial charge in [-0.05, 0) is 0 Å². The number of nitrogens with one attached hydrogen (secondary N) is 1. The van der Waals surface area contributed by atoms with Crippen molar-refractivity contribution in [2.24, 2.45) is 0 Å². The second-order valence-corrected chi connectivity index (χ2v) is 5.82. The normalized spacial score (nSPS) is 16.2. The summed E-state index contributed by atoms with van der Waals surface area (Å²) < 4.78 is 22.8. The molecule has 0 saturated carbocycles. The van der Waals surface area contributed by atoms with Crippen molar-refractivity contribution in [2.45, 2.75) is 6.42 Å². The lowest BCUT2D eigenvalue weighted by atomic mass is 10.5. The smallest absolute Gasteiger partial charge is 0.317 e. The second-order valence-electron chi connectivity index (χ2n) is 3.51. The second kappa shape index (κ2) is 5.15. The molecule has 0 atom stereocenters. The maximum absolute atomic E-state index is 11.4. The van der Waals surface area contributed by atoms with Gasteiger partial charge in [-0.15, -0.1) is 0 Å². The Morgan fingerprint density at radius 2 is 2.12 bits per heavy atom. The molecule has 0 aromatic carbocycles. The van der Waals surface area contributed by atoms with Gasteiger partial charge in [-0.3, -0.25) is 4.79 Å². The Morgan fingerprint density at radius 1 is 1.44 bits per heavy atom. The van der Waals surface area contributed by atoms with Crippen LogP contribution in [0.25, 0.3) is 0 Å². The Balaban J connectivity index is 2.35. The number of sulfone groups is 1. The average Bonchev–Trinajstić information content (AvgIpc) is 2.59. The molecular formula is C8H14N2O5S. The molecule has 1 aliphatic heterocycles. The van der Waals surface area contributed by atoms with E-state index in [0.717, 1.165) is 0 Å². The third-order valence-electron chi connectivity index (χ3n) is 2.24. The van der Waals surface area contributed by atoms with E-state index in [0.29, 0.717) is 13.1 Å². The van der Waals surface area contributed by atoms with Crippen LogP contribution in [0.3, 0.4) is 0 Å². The fourth-order valence-electron chi connectivity index (χ4n) is 1.32. The summed E-state index contributed by atoms with van der Waals surface area (Å²) in [7, 11) is -3.39. The topological polar surface area (TPSA) is 104 Å². The SMILES string of the molecule is O=C(O)CCS(=O)(=O)CCN1CCNC1=O. The van der Waals surface area contributed by atoms with Gasteiger partial charge in [-0.25, -0.2) is 13.2 Å². The third-order valence-corrected chi connectivity index (χ3v) is 3.88. The van der Waals surface area contributed by atoms with Gasteiger partial charge in [0.15, 0.2) is 9.84 Å². The summed E-state index contributed by atoms with van der Waals surface area (Å²) >= 11 is 0. The Morgan fingerprint density at radius 3 is 2.62 bits per heavy atom. The highest BCUT2D eigenvalue weighted by Crippen LogP contribution is 2.00. The zero-order valence-electron chi connectivity index (χ0n) is 8.68. The minimum absolute atomic E-state index is 0.119. The Hall–Kier alpha value is -1.31. The van der Waals surface area contributed by atoms with Crippen LogP contribution < -0.4 is 5.32 Å². The van der Waals surface area contributed by atoms with E-state index in [1.807, 2.05) is 0 Å². The first-order chi connectivity index (χ1) is 7.41. The number of carboxylic acids is 1. The summed E-state index contributed by atoms with van der Waals surface area (Å²) in [6.45, 7) is 1.13. The van der Waals surface area contributed by atoms with E-state index in [1.54, 1.807) is 0 Å². The van der Waals surface area contributed by atoms with Crippen LogP contribution in [0.2, 0.25) is 0 Å². The van der Waals surface area contributed by atoms with Gasteiger partial charge in [-0.1, -0.05) is 0 Å². The molecule has 0 radical (unpaired) electrons. The number of amides is 2. The van der Waals surface area contributed by atoms with Gasteiger partial charge >= 0.3 is 12.0 Å². The zero-order valence-corrected chi connectivity index (χ0v) is 9.49. The van der Waals surface area contributed by atoms with Gasteiger partial charge in [0.1, 0.15) is 0 Å². The van der Waals surface area contributed by atoms with E-state index >= 15 is 0 Å². The molecule has 92 valence electrons. The minimum atomic E-state index is -3.39. The fraction of sp³-hybridized carbons (Fsp3) is 0.750. The van der Waals surface area contributed by atoms with Crippen molar-refractivity contribution < 1.29 is 23.1 Å². The highest BCUT2D eigenvalue weighted by atomic mass is 32.2. The number of aliphatic carboxylic acids is 1. The molecule has 1 heterocycles. The number of carbonyl (C=O) groups excluding carboxylic acids is 1. The van der Waals surface area contributed by atoms with Crippen molar-refractivity contribution in [1.82, 2.24) is 10.2 Å². The first kappa shape index (κ1) is 12.8. The molecule has 0 bridgehead atoms. The molecule has 0 aromatic heterocycles. The number of carboxylic acid groups (broad SMARTS) is 1. The molecule has 7 nitrogen and oxygen atoms in total. The van der Waals surface area contributed by atoms with Crippen LogP contribution in [0.15, 0.2) is 0 Å². The summed E-state index contributed by atoms with van der Waals surface area (Å²) in [6.07, 6.45) is -0.394. The van der Waals surface area contributed by atoms with E-state index in [1.165, 1.54) is 4.90 Å². The van der Waals surface area contributed by atoms with E-state index in [-0.39, 0.29) is 24.1 Å². The number of hydrogen-bond donors (Lipinski definition) is 2. The van der Waals surface area contributed by atoms with Gasteiger partial charge in [0.25, 0.3) is 0 Å². The zero-order chi connectivity index (χ0) is 12.2. The Kier molecular flexibility index (Phi) is 4.11. The van der Waals surface area contributed by atoms with Crippen molar-refractivity contribution in [1.29, 1.82) is 0 Å². The standard InChI is InChI=1S/C8H14N2O5S/c11-7(12)1-5-16(14,15)6-4-10-3-2-9-8(10)13/h1-6H2,(H,9,13)(H,11,12). The number of hydrogen-bond acceptors (Lipinski definition) is 4. The minimum Gasteiger partial charge on any atom is -0.481 e. The number of carbonyl (C=O) groups is 2. The molecule has 0 aromatic rings. The molecule has 1 fully saturated rings. The van der Waals surface area contributed by atoms with Crippen LogP contribution in [0.4, 0.5) is 4.79 Å². The van der Waals surface area contributed by atoms with Crippen LogP contribution in [-0.2, 0) is 14.6 Å². The van der Waals surface area contributed by atoms with Gasteiger partial charge in [0, 0.05) is 19.6 Å². The number of nitrogens with zero attached hydrogens (tertiary/aromatic N) is 1. The lowest BCUT2D eigenvalue weighted by Gasteiger charge is -2.13. The van der Waals surface area contributed by atoms with Gasteiger partial charge in [0.2, 0.25) is 0 Å². The van der Waals surface area contributed by atoms with Gasteiger partial charge < -0.3 is 15.3 Å². The van der Waals surface area contributed by atoms with E-state index in [9.17, 15) is 18.0 Å². The molecule has 1 rings (SSSR count). The first-order valence-corrected chi connectivity index (χ1v) is 6.68. The summed E-state index contributed by atoms with van der Waals surface area (Å²) in [4.78, 5) is 22.7. The highest BCUT2D eigenvalue weighted by Gasteiger charge is 2.22. The van der Waals surface area contributed by atoms with Gasteiger partial charge in [0.05, 0.1) is 17.9 Å². The van der Waals surface area contributed by atoms with Crippen LogP contribution in [0, 0.1) is 0 Å². The lowest BCUT2D eigenvalue weighted by Crippen LogP contribution is -2.33. The number of urea groups is 1. The van der Waals surface area contributed by atoms with Crippen molar-refractivity contribution in [2.75, 3.05) is 31.1 Å². The van der Waals surface area contributed by atoms with Gasteiger partial charge in [-0.2, -0.15) is 0 Å². The molecule has 0 unspecified atom stereocenters. The van der Waals surface area contributed by atoms with Crippen molar-refractivity contribution in [3.8, 4) is 0 Å². The van der Waals surface area contributed by atoms with Crippen LogP contribution in [0.5, 0.6) is 0 Å². The average molecular weight is 250 g/mol. The van der Waals surface area contributed by atoms with Crippen molar-refractivity contribution >= 4 is 21.8 Å². The molecule has 2 N–H and O–H groups in total. The van der Waals surface area contributed by atoms with E-state index in [4.69, 9.17) is 5.11 Å². The van der Waals surface area contributed by atoms with E-state index < -0.39 is 22.2 Å². The molecule has 0 spiro atoms. The molecule has 16 heavy (non-hydrogen) atoms. The van der Waals surface area contributed by atoms with Crippen LogP contribution in [0.1, 0.15) is 6.42 Å². The van der Waals surface area contributed by atoms with Crippen molar-refractivity contribution in [3.63, 3.8) is 0 Å². The fourth-order valence-corrected chi connectivity index (χ4v) is 2.51. The molecule has 8 heteroatoms. The Labute approximate surface area is 93.3 Å². The Bertz CT molecular complexity index is 378. The predicted octanol–water partition coefficient (Wildman–Crippen LogP) is -1.10.